The first-order valence-electron chi connectivity index (χ1n) is 5.59. The van der Waals surface area contributed by atoms with E-state index in [1.165, 1.54) is 4.68 Å². The number of anilines is 1. The van der Waals surface area contributed by atoms with E-state index in [0.29, 0.717) is 0 Å². The van der Waals surface area contributed by atoms with E-state index in [1.54, 1.807) is 18.7 Å². The van der Waals surface area contributed by atoms with Gasteiger partial charge in [-0.2, -0.15) is 5.10 Å². The lowest BCUT2D eigenvalue weighted by Crippen LogP contribution is -2.22. The van der Waals surface area contributed by atoms with Gasteiger partial charge in [0.2, 0.25) is 5.91 Å². The number of aromatic nitrogens is 2. The van der Waals surface area contributed by atoms with E-state index in [2.05, 4.69) is 10.4 Å². The summed E-state index contributed by atoms with van der Waals surface area (Å²) in [4.78, 5) is 10.7. The standard InChI is InChI=1S/C11H16N4O2/c12-11(16)8-15-7-9(5-14-15)13-6-10-3-1-2-4-17-10/h2,4-5,7,10,13H,1,3,6,8H2,(H2,12,16). The summed E-state index contributed by atoms with van der Waals surface area (Å²) in [5.74, 6) is -0.402. The monoisotopic (exact) mass is 236 g/mol. The van der Waals surface area contributed by atoms with Gasteiger partial charge >= 0.3 is 0 Å². The van der Waals surface area contributed by atoms with Crippen LogP contribution < -0.4 is 11.1 Å². The van der Waals surface area contributed by atoms with Crippen molar-refractivity contribution in [3.63, 3.8) is 0 Å². The normalized spacial score (nSPS) is 18.7. The Balaban J connectivity index is 1.80. The molecule has 0 radical (unpaired) electrons. The van der Waals surface area contributed by atoms with Gasteiger partial charge in [-0.25, -0.2) is 0 Å². The topological polar surface area (TPSA) is 82.2 Å². The first-order chi connectivity index (χ1) is 8.24. The van der Waals surface area contributed by atoms with E-state index in [0.717, 1.165) is 25.1 Å². The Bertz CT molecular complexity index is 413. The largest absolute Gasteiger partial charge is 0.497 e. The number of rotatable bonds is 5. The summed E-state index contributed by atoms with van der Waals surface area (Å²) in [7, 11) is 0. The summed E-state index contributed by atoms with van der Waals surface area (Å²) in [5, 5.41) is 7.23. The average molecular weight is 236 g/mol. The van der Waals surface area contributed by atoms with Crippen molar-refractivity contribution in [1.82, 2.24) is 9.78 Å². The Morgan fingerprint density at radius 1 is 1.71 bits per heavy atom. The Hall–Kier alpha value is -1.98. The third kappa shape index (κ3) is 3.51. The predicted octanol–water partition coefficient (Wildman–Crippen LogP) is 0.473. The van der Waals surface area contributed by atoms with Crippen molar-refractivity contribution in [3.8, 4) is 0 Å². The van der Waals surface area contributed by atoms with E-state index < -0.39 is 5.91 Å². The highest BCUT2D eigenvalue weighted by Crippen LogP contribution is 2.12. The Morgan fingerprint density at radius 3 is 3.29 bits per heavy atom. The van der Waals surface area contributed by atoms with Crippen LogP contribution in [0.3, 0.4) is 0 Å². The quantitative estimate of drug-likeness (QED) is 0.778. The molecule has 1 unspecified atom stereocenters. The molecule has 2 rings (SSSR count). The van der Waals surface area contributed by atoms with Crippen molar-refractivity contribution in [2.24, 2.45) is 5.73 Å². The highest BCUT2D eigenvalue weighted by Gasteiger charge is 2.10. The molecule has 1 atom stereocenters. The molecular formula is C11H16N4O2. The number of carbonyl (C=O) groups excluding carboxylic acids is 1. The van der Waals surface area contributed by atoms with Crippen molar-refractivity contribution in [1.29, 1.82) is 0 Å². The molecule has 17 heavy (non-hydrogen) atoms. The molecule has 0 fully saturated rings. The lowest BCUT2D eigenvalue weighted by molar-refractivity contribution is -0.118. The third-order valence-electron chi connectivity index (χ3n) is 2.51. The van der Waals surface area contributed by atoms with Gasteiger partial charge in [-0.05, 0) is 18.9 Å². The van der Waals surface area contributed by atoms with Crippen molar-refractivity contribution >= 4 is 11.6 Å². The summed E-state index contributed by atoms with van der Waals surface area (Å²) in [6.45, 7) is 0.830. The van der Waals surface area contributed by atoms with Crippen LogP contribution in [0.5, 0.6) is 0 Å². The van der Waals surface area contributed by atoms with Crippen LogP contribution in [-0.4, -0.2) is 28.3 Å². The first kappa shape index (κ1) is 11.5. The van der Waals surface area contributed by atoms with Crippen LogP contribution in [0.15, 0.2) is 24.7 Å². The molecule has 2 heterocycles. The van der Waals surface area contributed by atoms with E-state index in [-0.39, 0.29) is 12.6 Å². The Kier molecular flexibility index (Phi) is 3.64. The van der Waals surface area contributed by atoms with Crippen LogP contribution in [-0.2, 0) is 16.1 Å². The van der Waals surface area contributed by atoms with Gasteiger partial charge in [-0.3, -0.25) is 9.48 Å². The SMILES string of the molecule is NC(=O)Cn1cc(NCC2CCC=CO2)cn1. The third-order valence-corrected chi connectivity index (χ3v) is 2.51. The van der Waals surface area contributed by atoms with E-state index in [4.69, 9.17) is 10.5 Å². The maximum atomic E-state index is 10.7. The van der Waals surface area contributed by atoms with Crippen LogP contribution in [0.2, 0.25) is 0 Å². The van der Waals surface area contributed by atoms with Crippen molar-refractivity contribution < 1.29 is 9.53 Å². The lowest BCUT2D eigenvalue weighted by Gasteiger charge is -2.19. The molecule has 6 heteroatoms. The summed E-state index contributed by atoms with van der Waals surface area (Å²) in [6.07, 6.45) is 9.44. The van der Waals surface area contributed by atoms with Crippen molar-refractivity contribution in [2.45, 2.75) is 25.5 Å². The van der Waals surface area contributed by atoms with E-state index in [9.17, 15) is 4.79 Å². The number of amides is 1. The number of hydrogen-bond acceptors (Lipinski definition) is 4. The molecule has 0 saturated heterocycles. The fraction of sp³-hybridized carbons (Fsp3) is 0.455. The molecule has 0 saturated carbocycles. The number of allylic oxidation sites excluding steroid dienone is 1. The first-order valence-corrected chi connectivity index (χ1v) is 5.59. The van der Waals surface area contributed by atoms with E-state index >= 15 is 0 Å². The molecule has 3 N–H and O–H groups in total. The lowest BCUT2D eigenvalue weighted by atomic mass is 10.1. The second-order valence-electron chi connectivity index (χ2n) is 3.98. The highest BCUT2D eigenvalue weighted by molar-refractivity contribution is 5.73. The molecule has 0 aromatic carbocycles. The van der Waals surface area contributed by atoms with Crippen LogP contribution in [0.4, 0.5) is 5.69 Å². The molecule has 0 aliphatic carbocycles. The number of nitrogens with zero attached hydrogens (tertiary/aromatic N) is 2. The Labute approximate surface area is 99.4 Å². The minimum atomic E-state index is -0.402. The molecule has 1 aromatic rings. The molecule has 1 aromatic heterocycles. The number of nitrogens with two attached hydrogens (primary N) is 1. The maximum Gasteiger partial charge on any atom is 0.239 e. The van der Waals surface area contributed by atoms with Crippen molar-refractivity contribution in [2.75, 3.05) is 11.9 Å². The molecule has 1 amide bonds. The predicted molar refractivity (Wildman–Crippen MR) is 63.2 cm³/mol. The second-order valence-corrected chi connectivity index (χ2v) is 3.98. The molecule has 0 bridgehead atoms. The minimum Gasteiger partial charge on any atom is -0.497 e. The highest BCUT2D eigenvalue weighted by atomic mass is 16.5. The fourth-order valence-corrected chi connectivity index (χ4v) is 1.67. The van der Waals surface area contributed by atoms with Gasteiger partial charge in [-0.15, -0.1) is 0 Å². The molecule has 92 valence electrons. The molecule has 1 aliphatic rings. The average Bonchev–Trinajstić information content (AvgIpc) is 2.75. The number of ether oxygens (including phenoxy) is 1. The fourth-order valence-electron chi connectivity index (χ4n) is 1.67. The molecule has 1 aliphatic heterocycles. The van der Waals surface area contributed by atoms with Gasteiger partial charge in [0.1, 0.15) is 12.6 Å². The van der Waals surface area contributed by atoms with Gasteiger partial charge < -0.3 is 15.8 Å². The van der Waals surface area contributed by atoms with Gasteiger partial charge in [0.05, 0.1) is 24.7 Å². The van der Waals surface area contributed by atoms with Crippen LogP contribution in [0.25, 0.3) is 0 Å². The summed E-state index contributed by atoms with van der Waals surface area (Å²) >= 11 is 0. The molecule has 6 nitrogen and oxygen atoms in total. The number of carbonyl (C=O) groups is 1. The van der Waals surface area contributed by atoms with Crippen LogP contribution in [0, 0.1) is 0 Å². The maximum absolute atomic E-state index is 10.7. The van der Waals surface area contributed by atoms with Crippen LogP contribution >= 0.6 is 0 Å². The number of nitrogens with one attached hydrogen (secondary N) is 1. The van der Waals surface area contributed by atoms with Gasteiger partial charge in [-0.1, -0.05) is 0 Å². The van der Waals surface area contributed by atoms with Gasteiger partial charge in [0.25, 0.3) is 0 Å². The van der Waals surface area contributed by atoms with E-state index in [1.807, 2.05) is 6.08 Å². The summed E-state index contributed by atoms with van der Waals surface area (Å²) in [6, 6.07) is 0. The van der Waals surface area contributed by atoms with Crippen LogP contribution in [0.1, 0.15) is 12.8 Å². The zero-order valence-corrected chi connectivity index (χ0v) is 9.50. The second kappa shape index (κ2) is 5.38. The summed E-state index contributed by atoms with van der Waals surface area (Å²) < 4.78 is 6.93. The van der Waals surface area contributed by atoms with Gasteiger partial charge in [0, 0.05) is 6.20 Å². The van der Waals surface area contributed by atoms with Crippen molar-refractivity contribution in [3.05, 3.63) is 24.7 Å². The zero-order valence-electron chi connectivity index (χ0n) is 9.50. The summed E-state index contributed by atoms with van der Waals surface area (Å²) in [5.41, 5.74) is 5.94. The minimum absolute atomic E-state index is 0.102. The molecular weight excluding hydrogens is 220 g/mol. The molecule has 0 spiro atoms. The van der Waals surface area contributed by atoms with Gasteiger partial charge in [0.15, 0.2) is 0 Å². The smallest absolute Gasteiger partial charge is 0.239 e. The zero-order chi connectivity index (χ0) is 12.1. The number of hydrogen-bond donors (Lipinski definition) is 2. The number of primary amides is 1. The Morgan fingerprint density at radius 2 is 2.59 bits per heavy atom.